The molecule has 2 saturated carbocycles. The van der Waals surface area contributed by atoms with Gasteiger partial charge in [0.2, 0.25) is 0 Å². The van der Waals surface area contributed by atoms with Crippen molar-refractivity contribution < 1.29 is 43.0 Å². The summed E-state index contributed by atoms with van der Waals surface area (Å²) in [5.41, 5.74) is -4.28. The quantitative estimate of drug-likeness (QED) is 0.318. The molecule has 1 heterocycles. The lowest BCUT2D eigenvalue weighted by molar-refractivity contribution is -0.319. The summed E-state index contributed by atoms with van der Waals surface area (Å²) in [6, 6.07) is 0. The third-order valence-corrected chi connectivity index (χ3v) is 8.49. The highest BCUT2D eigenvalue weighted by Gasteiger charge is 2.74. The number of fused-ring (bicyclic) bond motifs is 3. The molecule has 8 atom stereocenters. The highest BCUT2D eigenvalue weighted by molar-refractivity contribution is 7.46. The zero-order chi connectivity index (χ0) is 24.5. The molecular formula is C22H35O9P. The maximum Gasteiger partial charge on any atom is 0.469 e. The van der Waals surface area contributed by atoms with Gasteiger partial charge in [0, 0.05) is 24.7 Å². The summed E-state index contributed by atoms with van der Waals surface area (Å²) in [7, 11) is -4.90. The van der Waals surface area contributed by atoms with Crippen LogP contribution in [0.15, 0.2) is 12.7 Å². The van der Waals surface area contributed by atoms with Crippen molar-refractivity contribution in [1.29, 1.82) is 0 Å². The lowest BCUT2D eigenvalue weighted by Crippen LogP contribution is -2.78. The van der Waals surface area contributed by atoms with Gasteiger partial charge < -0.3 is 24.4 Å². The smallest absolute Gasteiger partial charge is 0.457 e. The molecule has 1 unspecified atom stereocenters. The molecule has 10 heteroatoms. The lowest BCUT2D eigenvalue weighted by Gasteiger charge is -2.68. The van der Waals surface area contributed by atoms with Gasteiger partial charge in [-0.3, -0.25) is 14.1 Å². The van der Waals surface area contributed by atoms with E-state index in [0.717, 1.165) is 0 Å². The molecule has 3 rings (SSSR count). The Bertz CT molecular complexity index is 865. The van der Waals surface area contributed by atoms with Gasteiger partial charge in [0.25, 0.3) is 0 Å². The fourth-order valence-corrected chi connectivity index (χ4v) is 7.75. The van der Waals surface area contributed by atoms with E-state index >= 15 is 0 Å². The largest absolute Gasteiger partial charge is 0.469 e. The van der Waals surface area contributed by atoms with Gasteiger partial charge in [-0.2, -0.15) is 0 Å². The predicted molar refractivity (Wildman–Crippen MR) is 114 cm³/mol. The lowest BCUT2D eigenvalue weighted by atomic mass is 9.41. The van der Waals surface area contributed by atoms with Crippen LogP contribution in [0.25, 0.3) is 0 Å². The topological polar surface area (TPSA) is 140 Å². The van der Waals surface area contributed by atoms with Crippen molar-refractivity contribution in [2.24, 2.45) is 22.7 Å². The minimum atomic E-state index is -4.90. The molecular weight excluding hydrogens is 439 g/mol. The Morgan fingerprint density at radius 3 is 2.34 bits per heavy atom. The van der Waals surface area contributed by atoms with Crippen LogP contribution in [0.3, 0.4) is 0 Å². The Hall–Kier alpha value is -1.09. The number of ketones is 1. The number of esters is 1. The molecule has 1 saturated heterocycles. The van der Waals surface area contributed by atoms with E-state index in [1.54, 1.807) is 20.8 Å². The predicted octanol–water partition coefficient (Wildman–Crippen LogP) is 2.52. The average Bonchev–Trinajstić information content (AvgIpc) is 2.59. The van der Waals surface area contributed by atoms with Crippen LogP contribution in [0.2, 0.25) is 0 Å². The fourth-order valence-electron chi connectivity index (χ4n) is 7.08. The Labute approximate surface area is 188 Å². The van der Waals surface area contributed by atoms with Crippen LogP contribution < -0.4 is 0 Å². The van der Waals surface area contributed by atoms with Crippen molar-refractivity contribution in [3.8, 4) is 0 Å². The molecule has 0 amide bonds. The van der Waals surface area contributed by atoms with E-state index in [2.05, 4.69) is 6.58 Å². The zero-order valence-corrected chi connectivity index (χ0v) is 20.4. The third-order valence-electron chi connectivity index (χ3n) is 7.96. The minimum absolute atomic E-state index is 0.00892. The molecule has 3 aliphatic rings. The molecule has 3 fully saturated rings. The molecule has 9 nitrogen and oxygen atoms in total. The van der Waals surface area contributed by atoms with E-state index < -0.39 is 66.0 Å². The third kappa shape index (κ3) is 3.91. The van der Waals surface area contributed by atoms with Crippen LogP contribution in [-0.2, 0) is 28.2 Å². The van der Waals surface area contributed by atoms with Gasteiger partial charge >= 0.3 is 13.8 Å². The van der Waals surface area contributed by atoms with Crippen LogP contribution in [0, 0.1) is 22.7 Å². The summed E-state index contributed by atoms with van der Waals surface area (Å²) in [6.07, 6.45) is -1.17. The van der Waals surface area contributed by atoms with Gasteiger partial charge in [-0.1, -0.05) is 26.8 Å². The maximum atomic E-state index is 13.7. The highest BCUT2D eigenvalue weighted by Crippen LogP contribution is 2.67. The summed E-state index contributed by atoms with van der Waals surface area (Å²) < 4.78 is 29.1. The van der Waals surface area contributed by atoms with Crippen LogP contribution in [0.4, 0.5) is 0 Å². The van der Waals surface area contributed by atoms with E-state index in [0.29, 0.717) is 6.42 Å². The minimum Gasteiger partial charge on any atom is -0.457 e. The van der Waals surface area contributed by atoms with Crippen molar-refractivity contribution in [3.05, 3.63) is 12.7 Å². The van der Waals surface area contributed by atoms with Gasteiger partial charge in [0.15, 0.2) is 6.10 Å². The van der Waals surface area contributed by atoms with Crippen LogP contribution in [0.5, 0.6) is 0 Å². The number of rotatable bonds is 4. The first-order valence-corrected chi connectivity index (χ1v) is 12.4. The Morgan fingerprint density at radius 2 is 1.84 bits per heavy atom. The number of phosphoric acid groups is 1. The Kier molecular flexibility index (Phi) is 6.16. The number of aliphatic hydroxyl groups is 1. The molecule has 3 N–H and O–H groups in total. The molecule has 0 radical (unpaired) electrons. The number of ether oxygens (including phenoxy) is 2. The maximum absolute atomic E-state index is 13.7. The normalized spacial score (nSPS) is 46.0. The molecule has 0 aromatic carbocycles. The number of Topliss-reactive ketones (excluding diaryl/α,β-unsaturated/α-hetero) is 1. The second kappa shape index (κ2) is 7.72. The van der Waals surface area contributed by atoms with Gasteiger partial charge in [-0.25, -0.2) is 4.57 Å². The van der Waals surface area contributed by atoms with Crippen LogP contribution in [-0.4, -0.2) is 56.2 Å². The molecule has 1 aliphatic heterocycles. The first-order chi connectivity index (χ1) is 14.4. The number of hydrogen-bond donors (Lipinski definition) is 3. The molecule has 32 heavy (non-hydrogen) atoms. The summed E-state index contributed by atoms with van der Waals surface area (Å²) in [5, 5.41) is 11.6. The monoisotopic (exact) mass is 474 g/mol. The van der Waals surface area contributed by atoms with Crippen molar-refractivity contribution in [1.82, 2.24) is 0 Å². The van der Waals surface area contributed by atoms with Gasteiger partial charge in [0.05, 0.1) is 23.7 Å². The zero-order valence-electron chi connectivity index (χ0n) is 19.5. The standard InChI is InChI=1S/C22H35O9P/c1-8-20(5)11-13(24)16-21(6)14(30-32(26,27)28)9-10-19(3,4)17(21)15(25)18(29-12(2)23)22(16,7)31-20/h8,14-18,25H,1,9-11H2,2-7H3,(H2,26,27,28)/t14-,15-,16?,17+,18-,20-,21+,22-/m0/s1. The second-order valence-electron chi connectivity index (χ2n) is 10.9. The van der Waals surface area contributed by atoms with Gasteiger partial charge in [0.1, 0.15) is 11.4 Å². The van der Waals surface area contributed by atoms with E-state index in [-0.39, 0.29) is 18.6 Å². The van der Waals surface area contributed by atoms with E-state index in [9.17, 15) is 29.0 Å². The number of carbonyl (C=O) groups is 2. The highest BCUT2D eigenvalue weighted by atomic mass is 31.2. The molecule has 0 bridgehead atoms. The van der Waals surface area contributed by atoms with Gasteiger partial charge in [-0.15, -0.1) is 6.58 Å². The average molecular weight is 474 g/mol. The van der Waals surface area contributed by atoms with Gasteiger partial charge in [-0.05, 0) is 32.1 Å². The Balaban J connectivity index is 2.27. The molecule has 182 valence electrons. The number of aliphatic hydroxyl groups excluding tert-OH is 1. The molecule has 0 aromatic rings. The van der Waals surface area contributed by atoms with E-state index in [4.69, 9.17) is 14.0 Å². The van der Waals surface area contributed by atoms with Crippen molar-refractivity contribution in [2.45, 2.75) is 90.3 Å². The van der Waals surface area contributed by atoms with Crippen LogP contribution >= 0.6 is 7.82 Å². The summed E-state index contributed by atoms with van der Waals surface area (Å²) in [4.78, 5) is 45.0. The summed E-state index contributed by atoms with van der Waals surface area (Å²) in [5.74, 6) is -2.45. The number of phosphoric ester groups is 1. The first-order valence-electron chi connectivity index (χ1n) is 10.9. The summed E-state index contributed by atoms with van der Waals surface area (Å²) >= 11 is 0. The molecule has 0 spiro atoms. The van der Waals surface area contributed by atoms with E-state index in [1.165, 1.54) is 13.0 Å². The van der Waals surface area contributed by atoms with Crippen molar-refractivity contribution in [2.75, 3.05) is 0 Å². The Morgan fingerprint density at radius 1 is 1.25 bits per heavy atom. The number of carbonyl (C=O) groups excluding carboxylic acids is 2. The van der Waals surface area contributed by atoms with Crippen molar-refractivity contribution >= 4 is 19.6 Å². The molecule has 2 aliphatic carbocycles. The van der Waals surface area contributed by atoms with Crippen LogP contribution in [0.1, 0.15) is 60.8 Å². The van der Waals surface area contributed by atoms with E-state index in [1.807, 2.05) is 13.8 Å². The second-order valence-corrected chi connectivity index (χ2v) is 12.0. The molecule has 0 aromatic heterocycles. The van der Waals surface area contributed by atoms with Crippen molar-refractivity contribution in [3.63, 3.8) is 0 Å². The fraction of sp³-hybridized carbons (Fsp3) is 0.818. The number of hydrogen-bond acceptors (Lipinski definition) is 7. The summed E-state index contributed by atoms with van der Waals surface area (Å²) in [6.45, 7) is 13.9. The first kappa shape index (κ1) is 25.5. The SMILES string of the molecule is C=C[C@@]1(C)CC(=O)C2[C@@]3(C)[C@@H](OP(=O)(O)O)CCC(C)(C)[C@H]3[C@H](O)[C@H](OC(C)=O)[C@@]2(C)O1.